The highest BCUT2D eigenvalue weighted by molar-refractivity contribution is 6.08. The molecule has 0 bridgehead atoms. The van der Waals surface area contributed by atoms with E-state index in [2.05, 4.69) is 10.1 Å². The molecule has 2 aromatic heterocycles. The molecule has 6 heteroatoms. The van der Waals surface area contributed by atoms with E-state index in [1.54, 1.807) is 22.8 Å². The lowest BCUT2D eigenvalue weighted by Crippen LogP contribution is -2.29. The Balaban J connectivity index is 2.45. The van der Waals surface area contributed by atoms with Crippen molar-refractivity contribution in [2.75, 3.05) is 30.9 Å². The third-order valence-electron chi connectivity index (χ3n) is 3.58. The van der Waals surface area contributed by atoms with Gasteiger partial charge in [-0.2, -0.15) is 5.10 Å². The van der Waals surface area contributed by atoms with Gasteiger partial charge >= 0.3 is 0 Å². The van der Waals surface area contributed by atoms with E-state index in [0.29, 0.717) is 5.56 Å². The fourth-order valence-corrected chi connectivity index (χ4v) is 2.36. The number of carbonyl (C=O) groups is 1. The van der Waals surface area contributed by atoms with Gasteiger partial charge in [-0.15, -0.1) is 0 Å². The molecule has 0 N–H and O–H groups in total. The summed E-state index contributed by atoms with van der Waals surface area (Å²) in [7, 11) is 7.42. The fourth-order valence-electron chi connectivity index (χ4n) is 2.36. The molecule has 0 radical (unpaired) electrons. The van der Waals surface area contributed by atoms with Gasteiger partial charge in [0.15, 0.2) is 5.82 Å². The zero-order valence-corrected chi connectivity index (χ0v) is 13.4. The third kappa shape index (κ3) is 2.61. The standard InChI is InChI=1S/C15H21N5O/c1-10-13(11(2)20(6)17-10)15(21)19(5)12-8-7-9-16-14(12)18(3)4/h7-9H,1-6H3. The van der Waals surface area contributed by atoms with Gasteiger partial charge in [-0.1, -0.05) is 0 Å². The van der Waals surface area contributed by atoms with Crippen LogP contribution in [-0.4, -0.2) is 41.8 Å². The maximum absolute atomic E-state index is 12.8. The molecule has 0 saturated carbocycles. The molecule has 0 aliphatic rings. The smallest absolute Gasteiger partial charge is 0.261 e. The van der Waals surface area contributed by atoms with E-state index >= 15 is 0 Å². The van der Waals surface area contributed by atoms with Crippen molar-refractivity contribution in [1.29, 1.82) is 0 Å². The minimum atomic E-state index is -0.0748. The predicted octanol–water partition coefficient (Wildman–Crippen LogP) is 1.77. The van der Waals surface area contributed by atoms with Crippen molar-refractivity contribution >= 4 is 17.4 Å². The first kappa shape index (κ1) is 15.0. The zero-order chi connectivity index (χ0) is 15.7. The maximum atomic E-state index is 12.8. The quantitative estimate of drug-likeness (QED) is 0.863. The Bertz CT molecular complexity index is 675. The molecule has 112 valence electrons. The summed E-state index contributed by atoms with van der Waals surface area (Å²) in [6, 6.07) is 3.72. The molecule has 0 saturated heterocycles. The van der Waals surface area contributed by atoms with Crippen LogP contribution < -0.4 is 9.80 Å². The van der Waals surface area contributed by atoms with Gasteiger partial charge in [0.05, 0.1) is 16.9 Å². The summed E-state index contributed by atoms with van der Waals surface area (Å²) in [6.45, 7) is 3.75. The molecule has 2 aromatic rings. The number of aromatic nitrogens is 3. The first-order valence-electron chi connectivity index (χ1n) is 6.75. The largest absolute Gasteiger partial charge is 0.361 e. The first-order valence-corrected chi connectivity index (χ1v) is 6.75. The average Bonchev–Trinajstić information content (AvgIpc) is 2.70. The van der Waals surface area contributed by atoms with Crippen LogP contribution in [0.3, 0.4) is 0 Å². The number of anilines is 2. The van der Waals surface area contributed by atoms with Crippen molar-refractivity contribution in [3.63, 3.8) is 0 Å². The van der Waals surface area contributed by atoms with Crippen LogP contribution in [0.25, 0.3) is 0 Å². The van der Waals surface area contributed by atoms with Crippen LogP contribution in [-0.2, 0) is 7.05 Å². The number of carbonyl (C=O) groups excluding carboxylic acids is 1. The van der Waals surface area contributed by atoms with Crippen LogP contribution in [0.15, 0.2) is 18.3 Å². The van der Waals surface area contributed by atoms with E-state index in [1.807, 2.05) is 52.0 Å². The number of aryl methyl sites for hydroxylation is 2. The molecule has 6 nitrogen and oxygen atoms in total. The van der Waals surface area contributed by atoms with Gasteiger partial charge in [0.1, 0.15) is 0 Å². The van der Waals surface area contributed by atoms with Crippen molar-refractivity contribution in [1.82, 2.24) is 14.8 Å². The maximum Gasteiger partial charge on any atom is 0.261 e. The summed E-state index contributed by atoms with van der Waals surface area (Å²) in [5.74, 6) is 0.682. The summed E-state index contributed by atoms with van der Waals surface area (Å²) >= 11 is 0. The van der Waals surface area contributed by atoms with Crippen molar-refractivity contribution in [2.45, 2.75) is 13.8 Å². The van der Waals surface area contributed by atoms with Crippen molar-refractivity contribution in [3.8, 4) is 0 Å². The summed E-state index contributed by atoms with van der Waals surface area (Å²) in [5, 5.41) is 4.31. The Morgan fingerprint density at radius 3 is 2.43 bits per heavy atom. The molecule has 0 aromatic carbocycles. The van der Waals surface area contributed by atoms with Crippen LogP contribution in [0, 0.1) is 13.8 Å². The van der Waals surface area contributed by atoms with E-state index in [-0.39, 0.29) is 5.91 Å². The Morgan fingerprint density at radius 2 is 1.90 bits per heavy atom. The Morgan fingerprint density at radius 1 is 1.24 bits per heavy atom. The number of amides is 1. The predicted molar refractivity (Wildman–Crippen MR) is 84.0 cm³/mol. The van der Waals surface area contributed by atoms with Crippen LogP contribution in [0.5, 0.6) is 0 Å². The lowest BCUT2D eigenvalue weighted by atomic mass is 10.1. The molecule has 0 aliphatic carbocycles. The summed E-state index contributed by atoms with van der Waals surface area (Å²) in [5.41, 5.74) is 3.02. The van der Waals surface area contributed by atoms with Crippen LogP contribution in [0.1, 0.15) is 21.7 Å². The molecule has 0 spiro atoms. The van der Waals surface area contributed by atoms with Gasteiger partial charge in [0, 0.05) is 40.1 Å². The molecule has 0 unspecified atom stereocenters. The van der Waals surface area contributed by atoms with Gasteiger partial charge in [-0.25, -0.2) is 4.98 Å². The van der Waals surface area contributed by atoms with Crippen molar-refractivity contribution in [2.24, 2.45) is 7.05 Å². The highest BCUT2D eigenvalue weighted by Crippen LogP contribution is 2.26. The number of nitrogens with zero attached hydrogens (tertiary/aromatic N) is 5. The molecular weight excluding hydrogens is 266 g/mol. The molecule has 2 heterocycles. The SMILES string of the molecule is Cc1nn(C)c(C)c1C(=O)N(C)c1cccnc1N(C)C. The average molecular weight is 287 g/mol. The van der Waals surface area contributed by atoms with Gasteiger partial charge in [-0.05, 0) is 26.0 Å². The third-order valence-corrected chi connectivity index (χ3v) is 3.58. The van der Waals surface area contributed by atoms with E-state index < -0.39 is 0 Å². The highest BCUT2D eigenvalue weighted by atomic mass is 16.2. The van der Waals surface area contributed by atoms with Gasteiger partial charge in [0.2, 0.25) is 0 Å². The van der Waals surface area contributed by atoms with Crippen LogP contribution >= 0.6 is 0 Å². The van der Waals surface area contributed by atoms with E-state index in [1.165, 1.54) is 0 Å². The number of rotatable bonds is 3. The van der Waals surface area contributed by atoms with Crippen molar-refractivity contribution in [3.05, 3.63) is 35.3 Å². The van der Waals surface area contributed by atoms with Crippen LogP contribution in [0.2, 0.25) is 0 Å². The summed E-state index contributed by atoms with van der Waals surface area (Å²) < 4.78 is 1.73. The molecule has 0 fully saturated rings. The second-order valence-corrected chi connectivity index (χ2v) is 5.27. The Labute approximate surface area is 125 Å². The first-order chi connectivity index (χ1) is 9.84. The minimum Gasteiger partial charge on any atom is -0.361 e. The highest BCUT2D eigenvalue weighted by Gasteiger charge is 2.23. The normalized spacial score (nSPS) is 10.6. The molecule has 1 amide bonds. The van der Waals surface area contributed by atoms with E-state index in [4.69, 9.17) is 0 Å². The number of hydrogen-bond donors (Lipinski definition) is 0. The topological polar surface area (TPSA) is 54.3 Å². The Kier molecular flexibility index (Phi) is 3.97. The van der Waals surface area contributed by atoms with E-state index in [0.717, 1.165) is 22.9 Å². The second-order valence-electron chi connectivity index (χ2n) is 5.27. The fraction of sp³-hybridized carbons (Fsp3) is 0.400. The lowest BCUT2D eigenvalue weighted by Gasteiger charge is -2.23. The molecule has 0 aliphatic heterocycles. The summed E-state index contributed by atoms with van der Waals surface area (Å²) in [4.78, 5) is 20.7. The van der Waals surface area contributed by atoms with E-state index in [9.17, 15) is 4.79 Å². The van der Waals surface area contributed by atoms with Crippen molar-refractivity contribution < 1.29 is 4.79 Å². The zero-order valence-electron chi connectivity index (χ0n) is 13.4. The van der Waals surface area contributed by atoms with Gasteiger partial charge in [-0.3, -0.25) is 9.48 Å². The number of hydrogen-bond acceptors (Lipinski definition) is 4. The lowest BCUT2D eigenvalue weighted by molar-refractivity contribution is 0.0991. The molecule has 0 atom stereocenters. The van der Waals surface area contributed by atoms with Gasteiger partial charge in [0.25, 0.3) is 5.91 Å². The minimum absolute atomic E-state index is 0.0748. The molecule has 2 rings (SSSR count). The van der Waals surface area contributed by atoms with Crippen LogP contribution in [0.4, 0.5) is 11.5 Å². The van der Waals surface area contributed by atoms with Gasteiger partial charge < -0.3 is 9.80 Å². The molecule has 21 heavy (non-hydrogen) atoms. The molecular formula is C15H21N5O. The summed E-state index contributed by atoms with van der Waals surface area (Å²) in [6.07, 6.45) is 1.72. The second kappa shape index (κ2) is 5.55. The number of pyridine rings is 1. The Hall–Kier alpha value is -2.37. The monoisotopic (exact) mass is 287 g/mol.